The molecule has 34 heavy (non-hydrogen) atoms. The average Bonchev–Trinajstić information content (AvgIpc) is 2.80. The molecular formula is C20H41N2O10PS. The maximum atomic E-state index is 12.1. The molecule has 0 spiro atoms. The van der Waals surface area contributed by atoms with Gasteiger partial charge in [0.1, 0.15) is 6.10 Å². The number of rotatable bonds is 24. The van der Waals surface area contributed by atoms with Gasteiger partial charge in [0.2, 0.25) is 11.8 Å². The Morgan fingerprint density at radius 1 is 0.824 bits per heavy atom. The highest BCUT2D eigenvalue weighted by atomic mass is 32.5. The highest BCUT2D eigenvalue weighted by molar-refractivity contribution is 8.07. The van der Waals surface area contributed by atoms with Gasteiger partial charge in [-0.1, -0.05) is 0 Å². The van der Waals surface area contributed by atoms with E-state index in [0.717, 1.165) is 6.42 Å². The molecule has 0 saturated carbocycles. The van der Waals surface area contributed by atoms with E-state index in [0.29, 0.717) is 45.5 Å². The van der Waals surface area contributed by atoms with E-state index in [1.165, 1.54) is 0 Å². The zero-order valence-electron chi connectivity index (χ0n) is 19.9. The molecule has 0 aromatic rings. The Bertz CT molecular complexity index is 573. The van der Waals surface area contributed by atoms with Crippen LogP contribution in [0.5, 0.6) is 0 Å². The number of aliphatic hydroxyl groups is 2. The second-order valence-electron chi connectivity index (χ2n) is 7.22. The fourth-order valence-corrected chi connectivity index (χ4v) is 4.01. The second kappa shape index (κ2) is 22.7. The molecule has 2 amide bonds. The molecule has 202 valence electrons. The first-order valence-electron chi connectivity index (χ1n) is 11.4. The minimum Gasteiger partial charge on any atom is -0.396 e. The summed E-state index contributed by atoms with van der Waals surface area (Å²) < 4.78 is 26.1. The number of nitrogens with one attached hydrogen (secondary N) is 2. The van der Waals surface area contributed by atoms with E-state index >= 15 is 0 Å². The Labute approximate surface area is 206 Å². The molecule has 0 aliphatic heterocycles. The molecule has 0 saturated heterocycles. The minimum absolute atomic E-state index is 0.0135. The van der Waals surface area contributed by atoms with Gasteiger partial charge >= 0.3 is 6.72 Å². The number of unbranched alkanes of at least 4 members (excludes halogenated alkanes) is 2. The molecule has 0 fully saturated rings. The van der Waals surface area contributed by atoms with E-state index < -0.39 is 12.8 Å². The van der Waals surface area contributed by atoms with Gasteiger partial charge in [-0.2, -0.15) is 0 Å². The van der Waals surface area contributed by atoms with E-state index in [9.17, 15) is 14.5 Å². The average molecular weight is 533 g/mol. The van der Waals surface area contributed by atoms with Crippen LogP contribution < -0.4 is 10.6 Å². The first kappa shape index (κ1) is 33.3. The Balaban J connectivity index is 4.51. The molecule has 0 aliphatic carbocycles. The number of ether oxygens (including phenoxy) is 3. The Kier molecular flexibility index (Phi) is 22.2. The SMILES string of the molecule is COCCCCC(=O)NCC(CNC(=O)CCCCO)OP(O)(=S)OCCOCCOCCO. The molecule has 0 aliphatic rings. The summed E-state index contributed by atoms with van der Waals surface area (Å²) in [4.78, 5) is 34.4. The summed E-state index contributed by atoms with van der Waals surface area (Å²) in [6, 6.07) is 0. The summed E-state index contributed by atoms with van der Waals surface area (Å²) in [6.45, 7) is -2.11. The molecule has 2 atom stereocenters. The van der Waals surface area contributed by atoms with Crippen LogP contribution in [0.2, 0.25) is 0 Å². The van der Waals surface area contributed by atoms with Crippen molar-refractivity contribution in [2.45, 2.75) is 44.6 Å². The first-order valence-corrected chi connectivity index (χ1v) is 14.0. The summed E-state index contributed by atoms with van der Waals surface area (Å²) in [5, 5.41) is 22.8. The second-order valence-corrected chi connectivity index (χ2v) is 10.0. The van der Waals surface area contributed by atoms with Crippen molar-refractivity contribution in [3.05, 3.63) is 0 Å². The maximum Gasteiger partial charge on any atom is 0.324 e. The van der Waals surface area contributed by atoms with E-state index in [4.69, 9.17) is 45.3 Å². The Hall–Kier alpha value is -0.730. The third kappa shape index (κ3) is 21.8. The lowest BCUT2D eigenvalue weighted by Crippen LogP contribution is -2.41. The highest BCUT2D eigenvalue weighted by Gasteiger charge is 2.23. The summed E-state index contributed by atoms with van der Waals surface area (Å²) in [6.07, 6.45) is 2.24. The van der Waals surface area contributed by atoms with Crippen LogP contribution in [0, 0.1) is 0 Å². The number of methoxy groups -OCH3 is 1. The minimum atomic E-state index is -3.65. The van der Waals surface area contributed by atoms with Crippen molar-refractivity contribution in [2.24, 2.45) is 0 Å². The van der Waals surface area contributed by atoms with Crippen LogP contribution in [0.4, 0.5) is 0 Å². The predicted octanol–water partition coefficient (Wildman–Crippen LogP) is -0.158. The van der Waals surface area contributed by atoms with Gasteiger partial charge in [0.25, 0.3) is 0 Å². The molecule has 0 aromatic carbocycles. The summed E-state index contributed by atoms with van der Waals surface area (Å²) >= 11 is 5.05. The molecule has 5 N–H and O–H groups in total. The van der Waals surface area contributed by atoms with Crippen LogP contribution in [-0.4, -0.2) is 106 Å². The van der Waals surface area contributed by atoms with Gasteiger partial charge in [0.15, 0.2) is 0 Å². The lowest BCUT2D eigenvalue weighted by Gasteiger charge is -2.24. The van der Waals surface area contributed by atoms with Gasteiger partial charge in [-0.05, 0) is 37.5 Å². The number of carbonyl (C=O) groups excluding carboxylic acids is 2. The van der Waals surface area contributed by atoms with Crippen LogP contribution in [0.1, 0.15) is 38.5 Å². The van der Waals surface area contributed by atoms with Crippen molar-refractivity contribution in [1.29, 1.82) is 0 Å². The van der Waals surface area contributed by atoms with Crippen LogP contribution in [0.15, 0.2) is 0 Å². The zero-order chi connectivity index (χ0) is 25.5. The van der Waals surface area contributed by atoms with Crippen molar-refractivity contribution < 1.29 is 48.0 Å². The van der Waals surface area contributed by atoms with Crippen molar-refractivity contribution in [1.82, 2.24) is 10.6 Å². The van der Waals surface area contributed by atoms with Gasteiger partial charge in [-0.25, -0.2) is 0 Å². The molecular weight excluding hydrogens is 491 g/mol. The number of hydrogen-bond acceptors (Lipinski definition) is 10. The smallest absolute Gasteiger partial charge is 0.324 e. The third-order valence-electron chi connectivity index (χ3n) is 4.24. The van der Waals surface area contributed by atoms with E-state index in [1.54, 1.807) is 7.11 Å². The van der Waals surface area contributed by atoms with Crippen LogP contribution in [-0.2, 0) is 44.7 Å². The third-order valence-corrected chi connectivity index (χ3v) is 5.89. The standard InChI is InChI=1S/C20H41N2O10PS/c1-28-10-5-3-7-20(26)22-17-18(16-21-19(25)6-2-4-8-23)32-33(27,34)31-15-14-30-13-12-29-11-9-24/h18,23-24H,2-17H2,1H3,(H,21,25)(H,22,26)(H,27,34). The summed E-state index contributed by atoms with van der Waals surface area (Å²) in [5.41, 5.74) is 0. The number of carbonyl (C=O) groups is 2. The predicted molar refractivity (Wildman–Crippen MR) is 129 cm³/mol. The summed E-state index contributed by atoms with van der Waals surface area (Å²) in [5.74, 6) is -0.431. The van der Waals surface area contributed by atoms with E-state index in [-0.39, 0.29) is 64.4 Å². The van der Waals surface area contributed by atoms with Crippen LogP contribution in [0.25, 0.3) is 0 Å². The quantitative estimate of drug-likeness (QED) is 0.0829. The van der Waals surface area contributed by atoms with Gasteiger partial charge in [-0.3, -0.25) is 9.59 Å². The van der Waals surface area contributed by atoms with Crippen LogP contribution >= 0.6 is 6.72 Å². The highest BCUT2D eigenvalue weighted by Crippen LogP contribution is 2.44. The van der Waals surface area contributed by atoms with Crippen molar-refractivity contribution >= 4 is 30.3 Å². The van der Waals surface area contributed by atoms with Crippen LogP contribution in [0.3, 0.4) is 0 Å². The molecule has 0 aromatic heterocycles. The van der Waals surface area contributed by atoms with Gasteiger partial charge in [0, 0.05) is 46.3 Å². The number of aliphatic hydroxyl groups excluding tert-OH is 2. The lowest BCUT2D eigenvalue weighted by atomic mass is 10.2. The maximum absolute atomic E-state index is 12.1. The summed E-state index contributed by atoms with van der Waals surface area (Å²) in [7, 11) is 1.60. The lowest BCUT2D eigenvalue weighted by molar-refractivity contribution is -0.121. The fraction of sp³-hybridized carbons (Fsp3) is 0.900. The largest absolute Gasteiger partial charge is 0.396 e. The Morgan fingerprint density at radius 3 is 1.94 bits per heavy atom. The monoisotopic (exact) mass is 532 g/mol. The molecule has 12 nitrogen and oxygen atoms in total. The molecule has 0 radical (unpaired) electrons. The van der Waals surface area contributed by atoms with Crippen molar-refractivity contribution in [3.8, 4) is 0 Å². The molecule has 14 heteroatoms. The Morgan fingerprint density at radius 2 is 1.38 bits per heavy atom. The van der Waals surface area contributed by atoms with Gasteiger partial charge in [-0.15, -0.1) is 0 Å². The number of hydrogen-bond donors (Lipinski definition) is 5. The van der Waals surface area contributed by atoms with E-state index in [1.807, 2.05) is 0 Å². The van der Waals surface area contributed by atoms with Gasteiger partial charge in [0.05, 0.1) is 39.6 Å². The first-order chi connectivity index (χ1) is 16.3. The topological polar surface area (TPSA) is 165 Å². The molecule has 0 rings (SSSR count). The van der Waals surface area contributed by atoms with Crippen molar-refractivity contribution in [3.63, 3.8) is 0 Å². The zero-order valence-corrected chi connectivity index (χ0v) is 21.7. The fourth-order valence-electron chi connectivity index (χ4n) is 2.53. The van der Waals surface area contributed by atoms with Crippen molar-refractivity contribution in [2.75, 3.05) is 73.1 Å². The number of amides is 2. The van der Waals surface area contributed by atoms with Gasteiger partial charge < -0.3 is 49.0 Å². The molecule has 0 bridgehead atoms. The molecule has 0 heterocycles. The van der Waals surface area contributed by atoms with E-state index in [2.05, 4.69) is 10.6 Å². The normalized spacial score (nSPS) is 13.9. The molecule has 2 unspecified atom stereocenters.